The summed E-state index contributed by atoms with van der Waals surface area (Å²) in [5.41, 5.74) is 3.21. The predicted octanol–water partition coefficient (Wildman–Crippen LogP) is 3.47. The van der Waals surface area contributed by atoms with E-state index in [9.17, 15) is 9.59 Å². The first kappa shape index (κ1) is 16.8. The normalized spacial score (nSPS) is 10.9. The number of amides is 1. The number of hydrogen-bond donors (Lipinski definition) is 1. The van der Waals surface area contributed by atoms with Crippen LogP contribution in [-0.4, -0.2) is 15.7 Å². The van der Waals surface area contributed by atoms with Gasteiger partial charge in [0.25, 0.3) is 0 Å². The number of rotatable bonds is 4. The minimum atomic E-state index is -0.406. The summed E-state index contributed by atoms with van der Waals surface area (Å²) in [6.45, 7) is 1.85. The molecule has 0 aliphatic rings. The highest BCUT2D eigenvalue weighted by molar-refractivity contribution is 5.94. The van der Waals surface area contributed by atoms with Crippen molar-refractivity contribution in [1.29, 1.82) is 0 Å². The van der Waals surface area contributed by atoms with Gasteiger partial charge in [0.1, 0.15) is 5.58 Å². The molecule has 6 heteroatoms. The van der Waals surface area contributed by atoms with E-state index in [1.165, 1.54) is 6.07 Å². The first-order valence-corrected chi connectivity index (χ1v) is 8.52. The molecule has 4 aromatic rings. The first-order chi connectivity index (χ1) is 13.1. The fraction of sp³-hybridized carbons (Fsp3) is 0.0952. The zero-order valence-electron chi connectivity index (χ0n) is 14.7. The summed E-state index contributed by atoms with van der Waals surface area (Å²) >= 11 is 0. The number of para-hydroxylation sites is 1. The van der Waals surface area contributed by atoms with Crippen LogP contribution in [0, 0.1) is 6.92 Å². The minimum absolute atomic E-state index is 0.169. The van der Waals surface area contributed by atoms with Crippen LogP contribution in [0.3, 0.4) is 0 Å². The van der Waals surface area contributed by atoms with Crippen molar-refractivity contribution in [3.05, 3.63) is 88.5 Å². The number of aryl methyl sites for hydroxylation is 1. The summed E-state index contributed by atoms with van der Waals surface area (Å²) in [4.78, 5) is 23.9. The van der Waals surface area contributed by atoms with Crippen molar-refractivity contribution in [2.45, 2.75) is 13.3 Å². The van der Waals surface area contributed by atoms with Gasteiger partial charge in [0, 0.05) is 29.4 Å². The number of benzene rings is 2. The lowest BCUT2D eigenvalue weighted by atomic mass is 10.1. The van der Waals surface area contributed by atoms with Crippen molar-refractivity contribution in [3.63, 3.8) is 0 Å². The second-order valence-electron chi connectivity index (χ2n) is 6.31. The molecule has 2 aromatic carbocycles. The summed E-state index contributed by atoms with van der Waals surface area (Å²) in [7, 11) is 0. The van der Waals surface area contributed by atoms with Crippen LogP contribution in [0.5, 0.6) is 0 Å². The molecule has 0 aliphatic heterocycles. The average Bonchev–Trinajstić information content (AvgIpc) is 3.10. The van der Waals surface area contributed by atoms with Gasteiger partial charge in [-0.25, -0.2) is 9.48 Å². The highest BCUT2D eigenvalue weighted by atomic mass is 16.4. The number of carbonyl (C=O) groups excluding carboxylic acids is 1. The van der Waals surface area contributed by atoms with Gasteiger partial charge in [-0.05, 0) is 42.3 Å². The molecule has 0 spiro atoms. The number of fused-ring (bicyclic) bond motifs is 1. The second-order valence-corrected chi connectivity index (χ2v) is 6.31. The third-order valence-corrected chi connectivity index (χ3v) is 4.26. The van der Waals surface area contributed by atoms with Crippen molar-refractivity contribution in [2.75, 3.05) is 5.32 Å². The molecule has 2 aromatic heterocycles. The fourth-order valence-corrected chi connectivity index (χ4v) is 2.97. The summed E-state index contributed by atoms with van der Waals surface area (Å²) in [5.74, 6) is -0.169. The Kier molecular flexibility index (Phi) is 4.30. The molecule has 2 heterocycles. The van der Waals surface area contributed by atoms with Crippen LogP contribution in [0.15, 0.2) is 76.2 Å². The van der Waals surface area contributed by atoms with Gasteiger partial charge >= 0.3 is 5.63 Å². The van der Waals surface area contributed by atoms with Gasteiger partial charge in [0.2, 0.25) is 5.91 Å². The Bertz CT molecular complexity index is 1180. The van der Waals surface area contributed by atoms with Gasteiger partial charge in [-0.1, -0.05) is 18.2 Å². The minimum Gasteiger partial charge on any atom is -0.423 e. The van der Waals surface area contributed by atoms with E-state index in [1.807, 2.05) is 49.5 Å². The van der Waals surface area contributed by atoms with E-state index >= 15 is 0 Å². The van der Waals surface area contributed by atoms with E-state index in [2.05, 4.69) is 10.4 Å². The maximum atomic E-state index is 12.4. The molecular weight excluding hydrogens is 342 g/mol. The molecule has 0 saturated carbocycles. The number of nitrogens with one attached hydrogen (secondary N) is 1. The molecule has 1 N–H and O–H groups in total. The summed E-state index contributed by atoms with van der Waals surface area (Å²) < 4.78 is 6.95. The quantitative estimate of drug-likeness (QED) is 0.566. The van der Waals surface area contributed by atoms with Crippen molar-refractivity contribution in [1.82, 2.24) is 9.78 Å². The van der Waals surface area contributed by atoms with E-state index in [1.54, 1.807) is 23.0 Å². The Morgan fingerprint density at radius 3 is 2.78 bits per heavy atom. The predicted molar refractivity (Wildman–Crippen MR) is 103 cm³/mol. The third kappa shape index (κ3) is 3.64. The molecule has 27 heavy (non-hydrogen) atoms. The van der Waals surface area contributed by atoms with Gasteiger partial charge in [0.05, 0.1) is 18.3 Å². The van der Waals surface area contributed by atoms with E-state index in [-0.39, 0.29) is 12.3 Å². The largest absolute Gasteiger partial charge is 0.423 e. The van der Waals surface area contributed by atoms with Crippen molar-refractivity contribution in [2.24, 2.45) is 0 Å². The molecular formula is C21H17N3O3. The molecule has 0 unspecified atom stereocenters. The molecule has 0 bridgehead atoms. The molecule has 0 saturated heterocycles. The Balaban J connectivity index is 1.49. The molecule has 0 radical (unpaired) electrons. The second kappa shape index (κ2) is 6.92. The lowest BCUT2D eigenvalue weighted by Crippen LogP contribution is -2.14. The maximum Gasteiger partial charge on any atom is 0.336 e. The highest BCUT2D eigenvalue weighted by Gasteiger charge is 2.09. The van der Waals surface area contributed by atoms with E-state index < -0.39 is 5.63 Å². The van der Waals surface area contributed by atoms with Crippen molar-refractivity contribution < 1.29 is 9.21 Å². The highest BCUT2D eigenvalue weighted by Crippen LogP contribution is 2.21. The van der Waals surface area contributed by atoms with Crippen LogP contribution in [0.1, 0.15) is 11.1 Å². The standard InChI is InChI=1S/C21H17N3O3/c1-14-9-21(26)27-19-11-16(7-8-18(14)19)23-20(25)10-15-12-22-24(13-15)17-5-3-2-4-6-17/h2-9,11-13H,10H2,1H3,(H,23,25). The van der Waals surface area contributed by atoms with Gasteiger partial charge in [0.15, 0.2) is 0 Å². The van der Waals surface area contributed by atoms with Gasteiger partial charge in [-0.2, -0.15) is 5.10 Å². The molecule has 134 valence electrons. The van der Waals surface area contributed by atoms with Crippen LogP contribution in [-0.2, 0) is 11.2 Å². The third-order valence-electron chi connectivity index (χ3n) is 4.26. The molecule has 0 aliphatic carbocycles. The Hall–Kier alpha value is -3.67. The molecule has 0 fully saturated rings. The van der Waals surface area contributed by atoms with Gasteiger partial charge < -0.3 is 9.73 Å². The van der Waals surface area contributed by atoms with Crippen LogP contribution >= 0.6 is 0 Å². The zero-order chi connectivity index (χ0) is 18.8. The molecule has 1 amide bonds. The Morgan fingerprint density at radius 2 is 1.96 bits per heavy atom. The van der Waals surface area contributed by atoms with Crippen LogP contribution in [0.2, 0.25) is 0 Å². The Labute approximate surface area is 155 Å². The lowest BCUT2D eigenvalue weighted by Gasteiger charge is -2.06. The smallest absolute Gasteiger partial charge is 0.336 e. The molecule has 6 nitrogen and oxygen atoms in total. The zero-order valence-corrected chi connectivity index (χ0v) is 14.7. The van der Waals surface area contributed by atoms with Crippen molar-refractivity contribution >= 4 is 22.6 Å². The van der Waals surface area contributed by atoms with E-state index in [0.29, 0.717) is 11.3 Å². The monoisotopic (exact) mass is 359 g/mol. The number of aromatic nitrogens is 2. The van der Waals surface area contributed by atoms with Crippen LogP contribution < -0.4 is 10.9 Å². The summed E-state index contributed by atoms with van der Waals surface area (Å²) in [6, 6.07) is 16.4. The van der Waals surface area contributed by atoms with E-state index in [4.69, 9.17) is 4.42 Å². The summed E-state index contributed by atoms with van der Waals surface area (Å²) in [6.07, 6.45) is 3.70. The maximum absolute atomic E-state index is 12.4. The van der Waals surface area contributed by atoms with Crippen LogP contribution in [0.4, 0.5) is 5.69 Å². The topological polar surface area (TPSA) is 77.1 Å². The molecule has 4 rings (SSSR count). The lowest BCUT2D eigenvalue weighted by molar-refractivity contribution is -0.115. The fourth-order valence-electron chi connectivity index (χ4n) is 2.97. The van der Waals surface area contributed by atoms with Gasteiger partial charge in [-0.3, -0.25) is 4.79 Å². The average molecular weight is 359 g/mol. The Morgan fingerprint density at radius 1 is 1.15 bits per heavy atom. The summed E-state index contributed by atoms with van der Waals surface area (Å²) in [5, 5.41) is 7.97. The first-order valence-electron chi connectivity index (χ1n) is 8.52. The molecule has 0 atom stereocenters. The van der Waals surface area contributed by atoms with Gasteiger partial charge in [-0.15, -0.1) is 0 Å². The number of hydrogen-bond acceptors (Lipinski definition) is 4. The number of nitrogens with zero attached hydrogens (tertiary/aromatic N) is 2. The van der Waals surface area contributed by atoms with Crippen molar-refractivity contribution in [3.8, 4) is 5.69 Å². The van der Waals surface area contributed by atoms with Crippen LogP contribution in [0.25, 0.3) is 16.7 Å². The van der Waals surface area contributed by atoms with E-state index in [0.717, 1.165) is 22.2 Å². The SMILES string of the molecule is Cc1cc(=O)oc2cc(NC(=O)Cc3cnn(-c4ccccc4)c3)ccc12. The number of carbonyl (C=O) groups is 1. The number of anilines is 1.